The van der Waals surface area contributed by atoms with E-state index in [0.29, 0.717) is 17.8 Å². The van der Waals surface area contributed by atoms with Crippen molar-refractivity contribution >= 4 is 17.4 Å². The van der Waals surface area contributed by atoms with Crippen LogP contribution in [0.25, 0.3) is 0 Å². The summed E-state index contributed by atoms with van der Waals surface area (Å²) < 4.78 is 38.8. The van der Waals surface area contributed by atoms with Crippen LogP contribution in [0.4, 0.5) is 19.0 Å². The van der Waals surface area contributed by atoms with Crippen molar-refractivity contribution in [1.29, 1.82) is 0 Å². The zero-order valence-electron chi connectivity index (χ0n) is 10.7. The monoisotopic (exact) mass is 293 g/mol. The molecule has 1 fully saturated rings. The summed E-state index contributed by atoms with van der Waals surface area (Å²) >= 11 is 5.95. The van der Waals surface area contributed by atoms with Crippen molar-refractivity contribution < 1.29 is 13.2 Å². The fraction of sp³-hybridized carbons (Fsp3) is 0.667. The Bertz CT molecular complexity index is 484. The number of hydrogen-bond donors (Lipinski definition) is 1. The van der Waals surface area contributed by atoms with Crippen LogP contribution < -0.4 is 5.32 Å². The average Bonchev–Trinajstić information content (AvgIpc) is 3.06. The smallest absolute Gasteiger partial charge is 0.356 e. The number of nitrogens with zero attached hydrogens (tertiary/aromatic N) is 2. The van der Waals surface area contributed by atoms with Crippen LogP contribution in [0.2, 0.25) is 5.15 Å². The molecule has 0 aliphatic heterocycles. The Balaban J connectivity index is 2.30. The summed E-state index contributed by atoms with van der Waals surface area (Å²) in [6.07, 6.45) is -2.74. The third-order valence-corrected chi connectivity index (χ3v) is 3.62. The third-order valence-electron chi connectivity index (χ3n) is 3.26. The quantitative estimate of drug-likeness (QED) is 0.856. The third kappa shape index (κ3) is 2.78. The van der Waals surface area contributed by atoms with Crippen LogP contribution in [0.1, 0.15) is 37.6 Å². The maximum Gasteiger partial charge on any atom is 0.411 e. The number of hydrogen-bond acceptors (Lipinski definition) is 3. The molecular weight excluding hydrogens is 279 g/mol. The van der Waals surface area contributed by atoms with Crippen LogP contribution in [0.15, 0.2) is 0 Å². The number of anilines is 1. The van der Waals surface area contributed by atoms with Gasteiger partial charge >= 0.3 is 6.18 Å². The molecule has 0 unspecified atom stereocenters. The Morgan fingerprint density at radius 2 is 1.95 bits per heavy atom. The molecule has 106 valence electrons. The first kappa shape index (κ1) is 14.4. The summed E-state index contributed by atoms with van der Waals surface area (Å²) in [5.74, 6) is 0.664. The SMILES string of the molecule is CCCc1nc(Cl)c(C)c(NC2(C(F)(F)F)CC2)n1. The maximum absolute atomic E-state index is 12.9. The molecule has 19 heavy (non-hydrogen) atoms. The van der Waals surface area contributed by atoms with Crippen LogP contribution >= 0.6 is 11.6 Å². The van der Waals surface area contributed by atoms with Crippen LogP contribution in [0.5, 0.6) is 0 Å². The van der Waals surface area contributed by atoms with E-state index in [0.717, 1.165) is 6.42 Å². The molecule has 1 aliphatic carbocycles. The van der Waals surface area contributed by atoms with Gasteiger partial charge in [-0.25, -0.2) is 9.97 Å². The number of alkyl halides is 3. The van der Waals surface area contributed by atoms with Crippen LogP contribution in [-0.4, -0.2) is 21.7 Å². The second-order valence-corrected chi connectivity index (χ2v) is 5.22. The lowest BCUT2D eigenvalue weighted by molar-refractivity contribution is -0.151. The van der Waals surface area contributed by atoms with Crippen LogP contribution in [-0.2, 0) is 6.42 Å². The Kier molecular flexibility index (Phi) is 3.64. The predicted molar refractivity (Wildman–Crippen MR) is 67.4 cm³/mol. The highest BCUT2D eigenvalue weighted by Gasteiger charge is 2.63. The summed E-state index contributed by atoms with van der Waals surface area (Å²) in [5.41, 5.74) is -1.38. The number of halogens is 4. The number of nitrogens with one attached hydrogen (secondary N) is 1. The van der Waals surface area contributed by atoms with Gasteiger partial charge in [-0.2, -0.15) is 13.2 Å². The van der Waals surface area contributed by atoms with E-state index < -0.39 is 11.7 Å². The molecular formula is C12H15ClF3N3. The minimum absolute atomic E-state index is 0.0701. The normalized spacial score (nSPS) is 17.4. The van der Waals surface area contributed by atoms with Crippen molar-refractivity contribution in [3.8, 4) is 0 Å². The van der Waals surface area contributed by atoms with E-state index in [9.17, 15) is 13.2 Å². The second kappa shape index (κ2) is 4.81. The first-order chi connectivity index (χ1) is 8.79. The highest BCUT2D eigenvalue weighted by molar-refractivity contribution is 6.30. The minimum atomic E-state index is -4.28. The molecule has 3 nitrogen and oxygen atoms in total. The lowest BCUT2D eigenvalue weighted by Crippen LogP contribution is -2.39. The Labute approximate surface area is 114 Å². The van der Waals surface area contributed by atoms with E-state index in [-0.39, 0.29) is 23.8 Å². The van der Waals surface area contributed by atoms with E-state index in [1.165, 1.54) is 0 Å². The summed E-state index contributed by atoms with van der Waals surface area (Å²) in [6.45, 7) is 3.56. The highest BCUT2D eigenvalue weighted by atomic mass is 35.5. The molecule has 0 spiro atoms. The van der Waals surface area contributed by atoms with E-state index in [2.05, 4.69) is 15.3 Å². The summed E-state index contributed by atoms with van der Waals surface area (Å²) in [7, 11) is 0. The molecule has 0 bridgehead atoms. The van der Waals surface area contributed by atoms with Crippen molar-refractivity contribution in [3.05, 3.63) is 16.5 Å². The predicted octanol–water partition coefficient (Wildman–Crippen LogP) is 3.90. The van der Waals surface area contributed by atoms with Gasteiger partial charge in [0.25, 0.3) is 0 Å². The van der Waals surface area contributed by atoms with Crippen molar-refractivity contribution in [3.63, 3.8) is 0 Å². The largest absolute Gasteiger partial charge is 0.411 e. The lowest BCUT2D eigenvalue weighted by atomic mass is 10.2. The summed E-state index contributed by atoms with van der Waals surface area (Å²) in [6, 6.07) is 0. The molecule has 0 atom stereocenters. The van der Waals surface area contributed by atoms with E-state index >= 15 is 0 Å². The molecule has 0 aromatic carbocycles. The van der Waals surface area contributed by atoms with Gasteiger partial charge in [0.05, 0.1) is 0 Å². The average molecular weight is 294 g/mol. The molecule has 1 saturated carbocycles. The fourth-order valence-corrected chi connectivity index (χ4v) is 2.01. The first-order valence-electron chi connectivity index (χ1n) is 6.17. The fourth-order valence-electron chi connectivity index (χ4n) is 1.82. The number of aryl methyl sites for hydroxylation is 1. The van der Waals surface area contributed by atoms with Crippen LogP contribution in [0, 0.1) is 6.92 Å². The molecule has 0 radical (unpaired) electrons. The highest BCUT2D eigenvalue weighted by Crippen LogP contribution is 2.51. The molecule has 1 N–H and O–H groups in total. The van der Waals surface area contributed by atoms with Gasteiger partial charge in [-0.3, -0.25) is 0 Å². The van der Waals surface area contributed by atoms with Gasteiger partial charge < -0.3 is 5.32 Å². The molecule has 0 amide bonds. The first-order valence-corrected chi connectivity index (χ1v) is 6.55. The van der Waals surface area contributed by atoms with E-state index in [4.69, 9.17) is 11.6 Å². The molecule has 0 saturated heterocycles. The van der Waals surface area contributed by atoms with Gasteiger partial charge in [0, 0.05) is 12.0 Å². The number of rotatable bonds is 4. The van der Waals surface area contributed by atoms with Gasteiger partial charge in [-0.05, 0) is 26.2 Å². The maximum atomic E-state index is 12.9. The van der Waals surface area contributed by atoms with Crippen molar-refractivity contribution in [2.45, 2.75) is 51.2 Å². The lowest BCUT2D eigenvalue weighted by Gasteiger charge is -2.22. The molecule has 1 aromatic heterocycles. The van der Waals surface area contributed by atoms with Crippen LogP contribution in [0.3, 0.4) is 0 Å². The van der Waals surface area contributed by atoms with Gasteiger partial charge in [0.1, 0.15) is 22.3 Å². The molecule has 1 heterocycles. The van der Waals surface area contributed by atoms with Gasteiger partial charge in [-0.15, -0.1) is 0 Å². The Morgan fingerprint density at radius 3 is 2.42 bits per heavy atom. The standard InChI is InChI=1S/C12H15ClF3N3/c1-3-4-8-17-9(13)7(2)10(18-8)19-11(5-6-11)12(14,15)16/h3-6H2,1-2H3,(H,17,18,19). The Morgan fingerprint density at radius 1 is 1.32 bits per heavy atom. The summed E-state index contributed by atoms with van der Waals surface area (Å²) in [5, 5.41) is 2.72. The summed E-state index contributed by atoms with van der Waals surface area (Å²) in [4.78, 5) is 8.22. The van der Waals surface area contributed by atoms with E-state index in [1.807, 2.05) is 6.92 Å². The topological polar surface area (TPSA) is 37.8 Å². The molecule has 1 aromatic rings. The van der Waals surface area contributed by atoms with Gasteiger partial charge in [-0.1, -0.05) is 18.5 Å². The Hall–Kier alpha value is -1.04. The second-order valence-electron chi connectivity index (χ2n) is 4.86. The van der Waals surface area contributed by atoms with Crippen molar-refractivity contribution in [1.82, 2.24) is 9.97 Å². The number of aromatic nitrogens is 2. The zero-order valence-corrected chi connectivity index (χ0v) is 11.5. The van der Waals surface area contributed by atoms with Crippen molar-refractivity contribution in [2.75, 3.05) is 5.32 Å². The van der Waals surface area contributed by atoms with Gasteiger partial charge in [0.2, 0.25) is 0 Å². The van der Waals surface area contributed by atoms with Gasteiger partial charge in [0.15, 0.2) is 0 Å². The zero-order chi connectivity index (χ0) is 14.3. The molecule has 2 rings (SSSR count). The molecule has 7 heteroatoms. The molecule has 1 aliphatic rings. The minimum Gasteiger partial charge on any atom is -0.356 e. The van der Waals surface area contributed by atoms with E-state index in [1.54, 1.807) is 6.92 Å². The van der Waals surface area contributed by atoms with Crippen molar-refractivity contribution in [2.24, 2.45) is 0 Å².